The SMILES string of the molecule is c1ccc(-c2cccc(-c3nc(-c4cccc(-c5ccccc5)c4)nc(-c4ccc5c6ccccc6c6ccccc6c6ccccc6c6c7ccccc7ccc6c5c4)n3)c2)cc1. The van der Waals surface area contributed by atoms with E-state index in [1.165, 1.54) is 48.5 Å². The highest BCUT2D eigenvalue weighted by molar-refractivity contribution is 6.30. The minimum Gasteiger partial charge on any atom is -0.208 e. The number of hydrogen-bond acceptors (Lipinski definition) is 3. The van der Waals surface area contributed by atoms with Gasteiger partial charge in [0.05, 0.1) is 0 Å². The van der Waals surface area contributed by atoms with Gasteiger partial charge in [-0.2, -0.15) is 0 Å². The Morgan fingerprint density at radius 2 is 0.531 bits per heavy atom. The molecule has 3 heteroatoms. The van der Waals surface area contributed by atoms with E-state index in [0.717, 1.165) is 55.1 Å². The molecule has 0 fully saturated rings. The monoisotopic (exact) mass is 813 g/mol. The maximum Gasteiger partial charge on any atom is 0.164 e. The molecule has 0 unspecified atom stereocenters. The molecule has 0 radical (unpaired) electrons. The fourth-order valence-corrected chi connectivity index (χ4v) is 9.47. The van der Waals surface area contributed by atoms with Gasteiger partial charge in [0.1, 0.15) is 0 Å². The van der Waals surface area contributed by atoms with Gasteiger partial charge in [-0.1, -0.05) is 218 Å². The van der Waals surface area contributed by atoms with E-state index >= 15 is 0 Å². The number of nitrogens with zero attached hydrogens (tertiary/aromatic N) is 3. The lowest BCUT2D eigenvalue weighted by Crippen LogP contribution is -2.00. The van der Waals surface area contributed by atoms with Crippen LogP contribution in [0.4, 0.5) is 0 Å². The van der Waals surface area contributed by atoms with E-state index in [-0.39, 0.29) is 0 Å². The van der Waals surface area contributed by atoms with Crippen molar-refractivity contribution in [3.63, 3.8) is 0 Å². The second kappa shape index (κ2) is 15.7. The summed E-state index contributed by atoms with van der Waals surface area (Å²) in [4.78, 5) is 15.9. The summed E-state index contributed by atoms with van der Waals surface area (Å²) in [6.45, 7) is 0. The maximum absolute atomic E-state index is 5.33. The summed E-state index contributed by atoms with van der Waals surface area (Å²) in [5, 5.41) is 14.2. The van der Waals surface area contributed by atoms with Crippen molar-refractivity contribution >= 4 is 64.6 Å². The molecule has 0 N–H and O–H groups in total. The number of aromatic nitrogens is 3. The van der Waals surface area contributed by atoms with Gasteiger partial charge in [-0.05, 0) is 105 Å². The Bertz CT molecular complexity index is 3740. The average molecular weight is 814 g/mol. The maximum atomic E-state index is 5.33. The second-order valence-electron chi connectivity index (χ2n) is 16.3. The third-order valence-electron chi connectivity index (χ3n) is 12.5. The third kappa shape index (κ3) is 6.59. The summed E-state index contributed by atoms with van der Waals surface area (Å²) in [5.41, 5.74) is 7.23. The zero-order valence-electron chi connectivity index (χ0n) is 34.9. The van der Waals surface area contributed by atoms with Crippen LogP contribution in [0.3, 0.4) is 0 Å². The zero-order valence-corrected chi connectivity index (χ0v) is 34.9. The normalized spacial score (nSPS) is 11.4. The fraction of sp³-hybridized carbons (Fsp3) is 0. The van der Waals surface area contributed by atoms with Crippen molar-refractivity contribution in [2.45, 2.75) is 0 Å². The van der Waals surface area contributed by atoms with Gasteiger partial charge in [0.25, 0.3) is 0 Å². The molecule has 11 aromatic carbocycles. The first kappa shape index (κ1) is 37.2. The van der Waals surface area contributed by atoms with Crippen LogP contribution >= 0.6 is 0 Å². The molecule has 3 nitrogen and oxygen atoms in total. The number of hydrogen-bond donors (Lipinski definition) is 0. The Morgan fingerprint density at radius 1 is 0.188 bits per heavy atom. The van der Waals surface area contributed by atoms with Crippen molar-refractivity contribution < 1.29 is 0 Å². The van der Waals surface area contributed by atoms with E-state index < -0.39 is 0 Å². The predicted molar refractivity (Wildman–Crippen MR) is 270 cm³/mol. The average Bonchev–Trinajstić information content (AvgIpc) is 3.38. The largest absolute Gasteiger partial charge is 0.208 e. The van der Waals surface area contributed by atoms with Gasteiger partial charge in [0.2, 0.25) is 0 Å². The minimum absolute atomic E-state index is 0.608. The molecule has 0 saturated carbocycles. The van der Waals surface area contributed by atoms with E-state index in [1.54, 1.807) is 0 Å². The molecular weight excluding hydrogens is 775 g/mol. The lowest BCUT2D eigenvalue weighted by Gasteiger charge is -2.13. The number of rotatable bonds is 5. The molecule has 0 amide bonds. The van der Waals surface area contributed by atoms with Crippen molar-refractivity contribution in [2.24, 2.45) is 0 Å². The molecule has 1 aromatic heterocycles. The highest BCUT2D eigenvalue weighted by Crippen LogP contribution is 2.40. The molecule has 0 aliphatic carbocycles. The quantitative estimate of drug-likeness (QED) is 0.174. The van der Waals surface area contributed by atoms with E-state index in [1.807, 2.05) is 12.1 Å². The van der Waals surface area contributed by atoms with Gasteiger partial charge >= 0.3 is 0 Å². The lowest BCUT2D eigenvalue weighted by molar-refractivity contribution is 1.07. The molecular formula is C61H39N3. The highest BCUT2D eigenvalue weighted by atomic mass is 15.0. The van der Waals surface area contributed by atoms with Crippen LogP contribution in [0.1, 0.15) is 0 Å². The summed E-state index contributed by atoms with van der Waals surface area (Å²) in [6, 6.07) is 84.5. The Morgan fingerprint density at radius 3 is 1.05 bits per heavy atom. The van der Waals surface area contributed by atoms with E-state index in [0.29, 0.717) is 17.5 Å². The van der Waals surface area contributed by atoms with Crippen LogP contribution in [-0.4, -0.2) is 15.0 Å². The number of fused-ring (bicyclic) bond motifs is 12. The number of benzene rings is 10. The van der Waals surface area contributed by atoms with Gasteiger partial charge < -0.3 is 0 Å². The van der Waals surface area contributed by atoms with Crippen molar-refractivity contribution in [3.8, 4) is 56.4 Å². The van der Waals surface area contributed by atoms with Crippen molar-refractivity contribution in [3.05, 3.63) is 237 Å². The lowest BCUT2D eigenvalue weighted by atomic mass is 9.91. The molecule has 12 rings (SSSR count). The molecule has 0 aliphatic heterocycles. The Labute approximate surface area is 371 Å². The standard InChI is InChI=1S/C61H39N3/c1-3-17-40(18-4-1)43-22-15-24-45(37-43)59-62-60(46-25-16-23-44(38-46)41-19-5-2-6-20-41)64-61(63-59)47-34-35-54-52-30-12-10-28-50(52)49-27-9-11-29-51(49)53-31-13-14-32-55(53)58-48-26-8-7-21-42(48)33-36-56(58)57(54)39-47/h1-39H. The van der Waals surface area contributed by atoms with Gasteiger partial charge in [0.15, 0.2) is 17.5 Å². The van der Waals surface area contributed by atoms with Crippen LogP contribution in [0.25, 0.3) is 121 Å². The van der Waals surface area contributed by atoms with E-state index in [2.05, 4.69) is 224 Å². The van der Waals surface area contributed by atoms with E-state index in [4.69, 9.17) is 15.0 Å². The van der Waals surface area contributed by atoms with Crippen molar-refractivity contribution in [1.82, 2.24) is 15.0 Å². The van der Waals surface area contributed by atoms with Crippen LogP contribution < -0.4 is 0 Å². The van der Waals surface area contributed by atoms with Crippen LogP contribution in [0.2, 0.25) is 0 Å². The molecule has 64 heavy (non-hydrogen) atoms. The molecule has 1 heterocycles. The molecule has 298 valence electrons. The van der Waals surface area contributed by atoms with Gasteiger partial charge in [-0.25, -0.2) is 15.0 Å². The van der Waals surface area contributed by atoms with Crippen LogP contribution in [0, 0.1) is 0 Å². The van der Waals surface area contributed by atoms with Gasteiger partial charge in [-0.3, -0.25) is 0 Å². The highest BCUT2D eigenvalue weighted by Gasteiger charge is 2.17. The first-order valence-electron chi connectivity index (χ1n) is 21.8. The molecule has 0 spiro atoms. The smallest absolute Gasteiger partial charge is 0.164 e. The summed E-state index contributed by atoms with van der Waals surface area (Å²) in [7, 11) is 0. The molecule has 0 atom stereocenters. The van der Waals surface area contributed by atoms with Crippen molar-refractivity contribution in [1.29, 1.82) is 0 Å². The Hall–Kier alpha value is -8.53. The summed E-state index contributed by atoms with van der Waals surface area (Å²) in [5.74, 6) is 1.84. The molecule has 0 bridgehead atoms. The van der Waals surface area contributed by atoms with Crippen LogP contribution in [0.5, 0.6) is 0 Å². The summed E-state index contributed by atoms with van der Waals surface area (Å²) >= 11 is 0. The fourth-order valence-electron chi connectivity index (χ4n) is 9.47. The van der Waals surface area contributed by atoms with Crippen LogP contribution in [-0.2, 0) is 0 Å². The molecule has 0 aliphatic rings. The zero-order chi connectivity index (χ0) is 42.4. The Balaban J connectivity index is 1.19. The molecule has 12 aromatic rings. The predicted octanol–water partition coefficient (Wildman–Crippen LogP) is 16.3. The van der Waals surface area contributed by atoms with Gasteiger partial charge in [0, 0.05) is 16.7 Å². The van der Waals surface area contributed by atoms with Crippen molar-refractivity contribution in [2.75, 3.05) is 0 Å². The Kier molecular flexibility index (Phi) is 9.16. The second-order valence-corrected chi connectivity index (χ2v) is 16.3. The first-order chi connectivity index (χ1) is 31.7. The topological polar surface area (TPSA) is 38.7 Å². The van der Waals surface area contributed by atoms with Crippen LogP contribution in [0.15, 0.2) is 237 Å². The third-order valence-corrected chi connectivity index (χ3v) is 12.5. The summed E-state index contributed by atoms with van der Waals surface area (Å²) in [6.07, 6.45) is 0. The molecule has 0 saturated heterocycles. The summed E-state index contributed by atoms with van der Waals surface area (Å²) < 4.78 is 0. The van der Waals surface area contributed by atoms with Gasteiger partial charge in [-0.15, -0.1) is 0 Å². The first-order valence-corrected chi connectivity index (χ1v) is 21.8. The van der Waals surface area contributed by atoms with E-state index in [9.17, 15) is 0 Å². The minimum atomic E-state index is 0.608.